The molecule has 1 fully saturated rings. The van der Waals surface area contributed by atoms with E-state index < -0.39 is 10.0 Å². The fourth-order valence-corrected chi connectivity index (χ4v) is 4.75. The highest BCUT2D eigenvalue weighted by Crippen LogP contribution is 2.35. The second-order valence-electron chi connectivity index (χ2n) is 5.79. The number of halogens is 2. The molecule has 2 N–H and O–H groups in total. The van der Waals surface area contributed by atoms with E-state index in [1.165, 1.54) is 4.31 Å². The van der Waals surface area contributed by atoms with Gasteiger partial charge in [0.05, 0.1) is 4.90 Å². The molecule has 1 saturated heterocycles. The molecule has 0 saturated carbocycles. The Morgan fingerprint density at radius 3 is 2.25 bits per heavy atom. The molecule has 4 nitrogen and oxygen atoms in total. The lowest BCUT2D eigenvalue weighted by Gasteiger charge is -2.17. The van der Waals surface area contributed by atoms with Crippen LogP contribution in [0.4, 0.5) is 0 Å². The van der Waals surface area contributed by atoms with Crippen molar-refractivity contribution >= 4 is 34.0 Å². The minimum atomic E-state index is -3.52. The maximum Gasteiger partial charge on any atom is 0.243 e. The largest absolute Gasteiger partial charge is 0.330 e. The molecule has 0 bridgehead atoms. The second-order valence-corrected chi connectivity index (χ2v) is 8.16. The fourth-order valence-electron chi connectivity index (χ4n) is 3.10. The number of rotatable bonds is 4. The third-order valence-corrected chi connectivity index (χ3v) is 6.49. The summed E-state index contributed by atoms with van der Waals surface area (Å²) in [5.41, 5.74) is 7.02. The zero-order chi connectivity index (χ0) is 16.4. The van der Waals surface area contributed by atoms with Crippen LogP contribution in [0.5, 0.6) is 0 Å². The van der Waals surface area contributed by atoms with E-state index in [9.17, 15) is 8.42 Å². The van der Waals surface area contributed by atoms with Crippen molar-refractivity contribution in [3.05, 3.63) is 65.2 Å². The highest BCUT2D eigenvalue weighted by Gasteiger charge is 2.39. The molecule has 2 aromatic rings. The molecule has 2 aromatic carbocycles. The van der Waals surface area contributed by atoms with Gasteiger partial charge in [-0.05, 0) is 42.3 Å². The van der Waals surface area contributed by atoms with Gasteiger partial charge in [-0.25, -0.2) is 8.42 Å². The molecule has 1 aliphatic heterocycles. The van der Waals surface area contributed by atoms with Crippen LogP contribution in [-0.2, 0) is 10.0 Å². The second kappa shape index (κ2) is 7.85. The van der Waals surface area contributed by atoms with Crippen molar-refractivity contribution in [2.45, 2.75) is 10.8 Å². The van der Waals surface area contributed by atoms with Gasteiger partial charge in [-0.2, -0.15) is 4.31 Å². The molecular formula is C17H20Cl2N2O2S. The molecular weight excluding hydrogens is 367 g/mol. The summed E-state index contributed by atoms with van der Waals surface area (Å²) in [6.45, 7) is 1.37. The summed E-state index contributed by atoms with van der Waals surface area (Å²) in [6.07, 6.45) is 0. The van der Waals surface area contributed by atoms with E-state index >= 15 is 0 Å². The molecule has 24 heavy (non-hydrogen) atoms. The average Bonchev–Trinajstić information content (AvgIpc) is 3.01. The Morgan fingerprint density at radius 1 is 1.04 bits per heavy atom. The maximum atomic E-state index is 12.8. The van der Waals surface area contributed by atoms with Gasteiger partial charge in [-0.1, -0.05) is 41.9 Å². The third kappa shape index (κ3) is 3.76. The van der Waals surface area contributed by atoms with Crippen molar-refractivity contribution in [3.8, 4) is 0 Å². The zero-order valence-corrected chi connectivity index (χ0v) is 15.4. The van der Waals surface area contributed by atoms with E-state index in [2.05, 4.69) is 0 Å². The Morgan fingerprint density at radius 2 is 1.67 bits per heavy atom. The standard InChI is InChI=1S/C17H19ClN2O2S.ClH/c18-15-6-8-16(9-7-15)23(21,22)20-11-14(10-19)17(12-20)13-4-2-1-3-5-13;/h1-9,14,17H,10-12,19H2;1H/t14-,17+;/m1./s1. The molecule has 0 amide bonds. The molecule has 0 aromatic heterocycles. The van der Waals surface area contributed by atoms with Crippen molar-refractivity contribution in [1.82, 2.24) is 4.31 Å². The number of nitrogens with two attached hydrogens (primary N) is 1. The van der Waals surface area contributed by atoms with Crippen molar-refractivity contribution in [2.24, 2.45) is 11.7 Å². The number of hydrogen-bond acceptors (Lipinski definition) is 3. The Hall–Kier alpha value is -1.11. The van der Waals surface area contributed by atoms with Crippen molar-refractivity contribution in [2.75, 3.05) is 19.6 Å². The summed E-state index contributed by atoms with van der Waals surface area (Å²) < 4.78 is 27.2. The summed E-state index contributed by atoms with van der Waals surface area (Å²) in [5, 5.41) is 0.521. The van der Waals surface area contributed by atoms with Crippen LogP contribution in [0.15, 0.2) is 59.5 Å². The minimum Gasteiger partial charge on any atom is -0.330 e. The molecule has 1 aliphatic rings. The first kappa shape index (κ1) is 19.2. The van der Waals surface area contributed by atoms with E-state index in [1.807, 2.05) is 30.3 Å². The van der Waals surface area contributed by atoms with E-state index in [0.29, 0.717) is 24.7 Å². The number of hydrogen-bond donors (Lipinski definition) is 1. The lowest BCUT2D eigenvalue weighted by Crippen LogP contribution is -2.30. The van der Waals surface area contributed by atoms with Crippen molar-refractivity contribution in [3.63, 3.8) is 0 Å². The van der Waals surface area contributed by atoms with E-state index in [4.69, 9.17) is 17.3 Å². The molecule has 7 heteroatoms. The first-order chi connectivity index (χ1) is 11.0. The summed E-state index contributed by atoms with van der Waals surface area (Å²) in [5.74, 6) is 0.253. The molecule has 130 valence electrons. The van der Waals surface area contributed by atoms with Gasteiger partial charge in [0, 0.05) is 24.0 Å². The summed E-state index contributed by atoms with van der Waals surface area (Å²) in [6, 6.07) is 16.3. The SMILES string of the molecule is Cl.NC[C@@H]1CN(S(=O)(=O)c2ccc(Cl)cc2)C[C@H]1c1ccccc1. The van der Waals surface area contributed by atoms with Gasteiger partial charge in [0.25, 0.3) is 0 Å². The molecule has 0 aliphatic carbocycles. The van der Waals surface area contributed by atoms with Gasteiger partial charge in [-0.3, -0.25) is 0 Å². The zero-order valence-electron chi connectivity index (χ0n) is 13.0. The first-order valence-corrected chi connectivity index (χ1v) is 9.35. The van der Waals surface area contributed by atoms with Crippen LogP contribution in [0, 0.1) is 5.92 Å². The Balaban J connectivity index is 0.00000208. The van der Waals surface area contributed by atoms with Crippen LogP contribution in [0.3, 0.4) is 0 Å². The quantitative estimate of drug-likeness (QED) is 0.877. The van der Waals surface area contributed by atoms with E-state index in [1.54, 1.807) is 24.3 Å². The molecule has 0 radical (unpaired) electrons. The maximum absolute atomic E-state index is 12.8. The van der Waals surface area contributed by atoms with Crippen LogP contribution in [0.1, 0.15) is 11.5 Å². The molecule has 1 heterocycles. The van der Waals surface area contributed by atoms with Crippen LogP contribution in [0.2, 0.25) is 5.02 Å². The Labute approximate surface area is 154 Å². The molecule has 0 spiro atoms. The Bertz CT molecular complexity index is 767. The lowest BCUT2D eigenvalue weighted by molar-refractivity contribution is 0.459. The predicted molar refractivity (Wildman–Crippen MR) is 99.2 cm³/mol. The first-order valence-electron chi connectivity index (χ1n) is 7.53. The predicted octanol–water partition coefficient (Wildman–Crippen LogP) is 3.12. The summed E-state index contributed by atoms with van der Waals surface area (Å²) in [7, 11) is -3.52. The van der Waals surface area contributed by atoms with Gasteiger partial charge in [0.15, 0.2) is 0 Å². The van der Waals surface area contributed by atoms with Crippen LogP contribution < -0.4 is 5.73 Å². The van der Waals surface area contributed by atoms with E-state index in [-0.39, 0.29) is 29.1 Å². The van der Waals surface area contributed by atoms with Gasteiger partial charge >= 0.3 is 0 Å². The van der Waals surface area contributed by atoms with Gasteiger partial charge in [-0.15, -0.1) is 12.4 Å². The number of benzene rings is 2. The Kier molecular flexibility index (Phi) is 6.28. The smallest absolute Gasteiger partial charge is 0.243 e. The summed E-state index contributed by atoms with van der Waals surface area (Å²) in [4.78, 5) is 0.270. The van der Waals surface area contributed by atoms with Crippen LogP contribution >= 0.6 is 24.0 Å². The minimum absolute atomic E-state index is 0. The fraction of sp³-hybridized carbons (Fsp3) is 0.294. The van der Waals surface area contributed by atoms with Gasteiger partial charge in [0.2, 0.25) is 10.0 Å². The van der Waals surface area contributed by atoms with Crippen molar-refractivity contribution in [1.29, 1.82) is 0 Å². The lowest BCUT2D eigenvalue weighted by atomic mass is 9.89. The molecule has 0 unspecified atom stereocenters. The van der Waals surface area contributed by atoms with Crippen LogP contribution in [0.25, 0.3) is 0 Å². The normalized spacial score (nSPS) is 21.4. The number of sulfonamides is 1. The van der Waals surface area contributed by atoms with Gasteiger partial charge in [0.1, 0.15) is 0 Å². The topological polar surface area (TPSA) is 63.4 Å². The molecule has 3 rings (SSSR count). The van der Waals surface area contributed by atoms with Crippen molar-refractivity contribution < 1.29 is 8.42 Å². The molecule has 2 atom stereocenters. The highest BCUT2D eigenvalue weighted by molar-refractivity contribution is 7.89. The number of nitrogens with zero attached hydrogens (tertiary/aromatic N) is 1. The highest BCUT2D eigenvalue weighted by atomic mass is 35.5. The summed E-state index contributed by atoms with van der Waals surface area (Å²) >= 11 is 5.85. The van der Waals surface area contributed by atoms with E-state index in [0.717, 1.165) is 5.56 Å². The monoisotopic (exact) mass is 386 g/mol. The average molecular weight is 387 g/mol. The van der Waals surface area contributed by atoms with Gasteiger partial charge < -0.3 is 5.73 Å². The van der Waals surface area contributed by atoms with Crippen LogP contribution in [-0.4, -0.2) is 32.4 Å². The third-order valence-electron chi connectivity index (χ3n) is 4.39.